The molecule has 4 rings (SSSR count). The fraction of sp³-hybridized carbons (Fsp3) is 0.0556. The van der Waals surface area contributed by atoms with Crippen molar-refractivity contribution >= 4 is 17.2 Å². The first-order valence-corrected chi connectivity index (χ1v) is 7.74. The molecule has 24 heavy (non-hydrogen) atoms. The van der Waals surface area contributed by atoms with Gasteiger partial charge in [0.25, 0.3) is 0 Å². The molecule has 118 valence electrons. The highest BCUT2D eigenvalue weighted by Crippen LogP contribution is 2.36. The number of methoxy groups -OCH3 is 1. The normalized spacial score (nSPS) is 10.9. The van der Waals surface area contributed by atoms with E-state index in [9.17, 15) is 0 Å². The van der Waals surface area contributed by atoms with E-state index in [-0.39, 0.29) is 0 Å². The van der Waals surface area contributed by atoms with Gasteiger partial charge in [0.05, 0.1) is 12.7 Å². The van der Waals surface area contributed by atoms with Crippen molar-refractivity contribution in [3.8, 4) is 28.1 Å². The number of ether oxygens (including phenoxy) is 1. The van der Waals surface area contributed by atoms with Gasteiger partial charge >= 0.3 is 0 Å². The van der Waals surface area contributed by atoms with Crippen molar-refractivity contribution in [1.82, 2.24) is 19.6 Å². The van der Waals surface area contributed by atoms with Crippen LogP contribution in [0.5, 0.6) is 5.75 Å². The summed E-state index contributed by atoms with van der Waals surface area (Å²) in [6.45, 7) is 0. The Balaban J connectivity index is 2.06. The van der Waals surface area contributed by atoms with Crippen molar-refractivity contribution in [3.05, 3.63) is 66.2 Å². The van der Waals surface area contributed by atoms with Crippen molar-refractivity contribution in [3.63, 3.8) is 0 Å². The zero-order valence-corrected chi connectivity index (χ0v) is 13.6. The maximum atomic E-state index is 6.30. The minimum atomic E-state index is 0.504. The van der Waals surface area contributed by atoms with E-state index in [1.165, 1.54) is 0 Å². The van der Waals surface area contributed by atoms with Gasteiger partial charge in [-0.2, -0.15) is 5.10 Å². The minimum absolute atomic E-state index is 0.504. The summed E-state index contributed by atoms with van der Waals surface area (Å²) in [6.07, 6.45) is 5.16. The van der Waals surface area contributed by atoms with Crippen molar-refractivity contribution < 1.29 is 4.74 Å². The number of aromatic nitrogens is 4. The average molecular weight is 337 g/mol. The molecule has 3 heterocycles. The summed E-state index contributed by atoms with van der Waals surface area (Å²) in [5.41, 5.74) is 4.31. The van der Waals surface area contributed by atoms with Gasteiger partial charge in [0.1, 0.15) is 16.6 Å². The predicted molar refractivity (Wildman–Crippen MR) is 93.2 cm³/mol. The molecule has 0 aliphatic rings. The predicted octanol–water partition coefficient (Wildman–Crippen LogP) is 4.12. The third-order valence-electron chi connectivity index (χ3n) is 3.78. The second-order valence-corrected chi connectivity index (χ2v) is 5.58. The highest BCUT2D eigenvalue weighted by Gasteiger charge is 2.19. The van der Waals surface area contributed by atoms with Crippen LogP contribution in [0.25, 0.3) is 28.0 Å². The number of halogens is 1. The van der Waals surface area contributed by atoms with Crippen LogP contribution in [0.15, 0.2) is 61.1 Å². The molecule has 3 aromatic heterocycles. The summed E-state index contributed by atoms with van der Waals surface area (Å²) >= 11 is 6.30. The number of pyridine rings is 1. The molecular weight excluding hydrogens is 324 g/mol. The third kappa shape index (κ3) is 2.39. The molecule has 1 aromatic carbocycles. The maximum absolute atomic E-state index is 6.30. The van der Waals surface area contributed by atoms with E-state index in [2.05, 4.69) is 15.1 Å². The molecule has 0 amide bonds. The first-order valence-electron chi connectivity index (χ1n) is 7.36. The molecule has 0 aliphatic carbocycles. The molecule has 0 N–H and O–H groups in total. The Bertz CT molecular complexity index is 1010. The zero-order valence-electron chi connectivity index (χ0n) is 12.8. The molecule has 4 aromatic rings. The second-order valence-electron chi connectivity index (χ2n) is 5.19. The number of hydrogen-bond acceptors (Lipinski definition) is 4. The van der Waals surface area contributed by atoms with Crippen LogP contribution in [-0.2, 0) is 0 Å². The molecule has 0 fully saturated rings. The summed E-state index contributed by atoms with van der Waals surface area (Å²) in [6, 6.07) is 13.4. The lowest BCUT2D eigenvalue weighted by Crippen LogP contribution is -1.91. The number of fused-ring (bicyclic) bond motifs is 1. The van der Waals surface area contributed by atoms with Gasteiger partial charge in [0.15, 0.2) is 5.65 Å². The lowest BCUT2D eigenvalue weighted by molar-refractivity contribution is 0.415. The molecule has 0 bridgehead atoms. The molecule has 0 atom stereocenters. The van der Waals surface area contributed by atoms with E-state index in [1.54, 1.807) is 36.3 Å². The third-order valence-corrected chi connectivity index (χ3v) is 4.07. The molecule has 6 heteroatoms. The number of hydrogen-bond donors (Lipinski definition) is 0. The SMILES string of the molecule is COc1cccc(-c2c(-c3ccncc3)nn3c(Cl)ccnc23)c1. The first kappa shape index (κ1) is 14.7. The van der Waals surface area contributed by atoms with Crippen LogP contribution in [0, 0.1) is 0 Å². The van der Waals surface area contributed by atoms with Crippen LogP contribution in [0.2, 0.25) is 5.15 Å². The Hall–Kier alpha value is -2.92. The van der Waals surface area contributed by atoms with Gasteiger partial charge < -0.3 is 4.74 Å². The zero-order chi connectivity index (χ0) is 16.5. The van der Waals surface area contributed by atoms with Crippen molar-refractivity contribution in [1.29, 1.82) is 0 Å². The van der Waals surface area contributed by atoms with Gasteiger partial charge in [-0.05, 0) is 35.9 Å². The summed E-state index contributed by atoms with van der Waals surface area (Å²) in [4.78, 5) is 8.56. The summed E-state index contributed by atoms with van der Waals surface area (Å²) in [5.74, 6) is 0.773. The number of benzene rings is 1. The molecule has 0 saturated carbocycles. The first-order chi connectivity index (χ1) is 11.8. The van der Waals surface area contributed by atoms with Gasteiger partial charge in [-0.1, -0.05) is 23.7 Å². The number of nitrogens with zero attached hydrogens (tertiary/aromatic N) is 4. The topological polar surface area (TPSA) is 52.3 Å². The Morgan fingerprint density at radius 2 is 1.83 bits per heavy atom. The average Bonchev–Trinajstić information content (AvgIpc) is 3.03. The maximum Gasteiger partial charge on any atom is 0.165 e. The van der Waals surface area contributed by atoms with Crippen LogP contribution in [0.4, 0.5) is 0 Å². The largest absolute Gasteiger partial charge is 0.497 e. The molecule has 0 spiro atoms. The van der Waals surface area contributed by atoms with E-state index in [1.807, 2.05) is 36.4 Å². The summed E-state index contributed by atoms with van der Waals surface area (Å²) in [5, 5.41) is 5.17. The van der Waals surface area contributed by atoms with Gasteiger partial charge in [0, 0.05) is 24.2 Å². The number of rotatable bonds is 3. The second kappa shape index (κ2) is 5.94. The highest BCUT2D eigenvalue weighted by atomic mass is 35.5. The van der Waals surface area contributed by atoms with Gasteiger partial charge in [-0.25, -0.2) is 9.50 Å². The lowest BCUT2D eigenvalue weighted by atomic mass is 10.0. The van der Waals surface area contributed by atoms with Gasteiger partial charge in [-0.15, -0.1) is 0 Å². The molecular formula is C18H13ClN4O. The Labute approximate surface area is 143 Å². The van der Waals surface area contributed by atoms with E-state index in [0.29, 0.717) is 10.8 Å². The van der Waals surface area contributed by atoms with E-state index >= 15 is 0 Å². The van der Waals surface area contributed by atoms with E-state index < -0.39 is 0 Å². The molecule has 0 unspecified atom stereocenters. The van der Waals surface area contributed by atoms with Gasteiger partial charge in [-0.3, -0.25) is 4.98 Å². The van der Waals surface area contributed by atoms with E-state index in [0.717, 1.165) is 28.1 Å². The molecule has 0 aliphatic heterocycles. The quantitative estimate of drug-likeness (QED) is 0.528. The Morgan fingerprint density at radius 3 is 2.62 bits per heavy atom. The Morgan fingerprint density at radius 1 is 1.00 bits per heavy atom. The van der Waals surface area contributed by atoms with Crippen molar-refractivity contribution in [2.45, 2.75) is 0 Å². The van der Waals surface area contributed by atoms with Crippen LogP contribution in [0.3, 0.4) is 0 Å². The van der Waals surface area contributed by atoms with E-state index in [4.69, 9.17) is 16.3 Å². The fourth-order valence-electron chi connectivity index (χ4n) is 2.67. The molecule has 0 saturated heterocycles. The van der Waals surface area contributed by atoms with Crippen molar-refractivity contribution in [2.24, 2.45) is 0 Å². The van der Waals surface area contributed by atoms with Crippen molar-refractivity contribution in [2.75, 3.05) is 7.11 Å². The fourth-order valence-corrected chi connectivity index (χ4v) is 2.85. The summed E-state index contributed by atoms with van der Waals surface area (Å²) < 4.78 is 7.00. The monoisotopic (exact) mass is 336 g/mol. The van der Waals surface area contributed by atoms with Gasteiger partial charge in [0.2, 0.25) is 0 Å². The highest BCUT2D eigenvalue weighted by molar-refractivity contribution is 6.29. The molecule has 0 radical (unpaired) electrons. The minimum Gasteiger partial charge on any atom is -0.497 e. The summed E-state index contributed by atoms with van der Waals surface area (Å²) in [7, 11) is 1.65. The van der Waals surface area contributed by atoms with Crippen LogP contribution >= 0.6 is 11.6 Å². The smallest absolute Gasteiger partial charge is 0.165 e. The molecule has 5 nitrogen and oxygen atoms in total. The lowest BCUT2D eigenvalue weighted by Gasteiger charge is -2.05. The Kier molecular flexibility index (Phi) is 3.63. The van der Waals surface area contributed by atoms with Crippen LogP contribution in [0.1, 0.15) is 0 Å². The standard InChI is InChI=1S/C18H13ClN4O/c1-24-14-4-2-3-13(11-14)16-17(12-5-8-20-9-6-12)22-23-15(19)7-10-21-18(16)23/h2-11H,1H3. The van der Waals surface area contributed by atoms with Crippen LogP contribution < -0.4 is 4.74 Å². The van der Waals surface area contributed by atoms with Crippen LogP contribution in [-0.4, -0.2) is 26.7 Å².